The molecule has 0 radical (unpaired) electrons. The Morgan fingerprint density at radius 3 is 2.00 bits per heavy atom. The summed E-state index contributed by atoms with van der Waals surface area (Å²) in [5.74, 6) is 1.83. The van der Waals surface area contributed by atoms with Crippen molar-refractivity contribution in [1.29, 1.82) is 0 Å². The molecule has 0 aliphatic heterocycles. The highest BCUT2D eigenvalue weighted by atomic mass is 14.2. The third-order valence-corrected chi connectivity index (χ3v) is 1.99. The van der Waals surface area contributed by atoms with Crippen molar-refractivity contribution in [3.8, 4) is 0 Å². The van der Waals surface area contributed by atoms with Crippen LogP contribution < -0.4 is 0 Å². The molecule has 1 aliphatic rings. The van der Waals surface area contributed by atoms with E-state index in [-0.39, 0.29) is 0 Å². The highest BCUT2D eigenvalue weighted by Gasteiger charge is 2.12. The minimum absolute atomic E-state index is 0.880. The van der Waals surface area contributed by atoms with Crippen LogP contribution in [0.1, 0.15) is 26.7 Å². The highest BCUT2D eigenvalue weighted by Crippen LogP contribution is 2.24. The molecule has 8 heavy (non-hydrogen) atoms. The lowest BCUT2D eigenvalue weighted by Crippen LogP contribution is -2.02. The molecule has 0 atom stereocenters. The van der Waals surface area contributed by atoms with E-state index in [9.17, 15) is 0 Å². The zero-order chi connectivity index (χ0) is 5.98. The second-order valence-corrected chi connectivity index (χ2v) is 2.95. The summed E-state index contributed by atoms with van der Waals surface area (Å²) >= 11 is 0. The predicted octanol–water partition coefficient (Wildman–Crippen LogP) is 2.61. The molecule has 0 heterocycles. The molecular weight excluding hydrogens is 96.1 g/mol. The van der Waals surface area contributed by atoms with Crippen molar-refractivity contribution in [3.05, 3.63) is 12.2 Å². The van der Waals surface area contributed by atoms with Gasteiger partial charge in [0.05, 0.1) is 0 Å². The largest absolute Gasteiger partial charge is 0.0882 e. The van der Waals surface area contributed by atoms with Crippen LogP contribution in [0.4, 0.5) is 0 Å². The second-order valence-electron chi connectivity index (χ2n) is 2.95. The van der Waals surface area contributed by atoms with Gasteiger partial charge in [0.2, 0.25) is 0 Å². The van der Waals surface area contributed by atoms with E-state index in [1.54, 1.807) is 0 Å². The zero-order valence-electron chi connectivity index (χ0n) is 5.72. The Hall–Kier alpha value is -0.260. The molecule has 0 aromatic rings. The fraction of sp³-hybridized carbons (Fsp3) is 0.750. The van der Waals surface area contributed by atoms with E-state index in [2.05, 4.69) is 26.0 Å². The van der Waals surface area contributed by atoms with Crippen molar-refractivity contribution >= 4 is 0 Å². The van der Waals surface area contributed by atoms with Crippen molar-refractivity contribution in [1.82, 2.24) is 0 Å². The van der Waals surface area contributed by atoms with Gasteiger partial charge in [-0.25, -0.2) is 0 Å². The molecule has 46 valence electrons. The number of rotatable bonds is 1. The van der Waals surface area contributed by atoms with Gasteiger partial charge in [-0.3, -0.25) is 0 Å². The van der Waals surface area contributed by atoms with Gasteiger partial charge in [-0.15, -0.1) is 0 Å². The quantitative estimate of drug-likeness (QED) is 0.455. The van der Waals surface area contributed by atoms with E-state index >= 15 is 0 Å². The van der Waals surface area contributed by atoms with E-state index in [0.29, 0.717) is 0 Å². The van der Waals surface area contributed by atoms with Crippen molar-refractivity contribution in [2.75, 3.05) is 0 Å². The minimum atomic E-state index is 0.880. The Labute approximate surface area is 51.6 Å². The van der Waals surface area contributed by atoms with Crippen molar-refractivity contribution < 1.29 is 0 Å². The first-order chi connectivity index (χ1) is 3.80. The SMILES string of the molecule is CC(C)C1CC=CC1. The molecule has 1 rings (SSSR count). The maximum Gasteiger partial charge on any atom is -0.0317 e. The summed E-state index contributed by atoms with van der Waals surface area (Å²) in [5.41, 5.74) is 0. The Morgan fingerprint density at radius 1 is 1.25 bits per heavy atom. The van der Waals surface area contributed by atoms with Crippen LogP contribution in [0.25, 0.3) is 0 Å². The average Bonchev–Trinajstić information content (AvgIpc) is 2.12. The number of hydrogen-bond donors (Lipinski definition) is 0. The van der Waals surface area contributed by atoms with Crippen LogP contribution in [0.3, 0.4) is 0 Å². The molecule has 0 aromatic carbocycles. The molecule has 0 spiro atoms. The van der Waals surface area contributed by atoms with E-state index in [1.165, 1.54) is 12.8 Å². The molecule has 0 nitrogen and oxygen atoms in total. The van der Waals surface area contributed by atoms with Gasteiger partial charge in [0.1, 0.15) is 0 Å². The molecule has 0 saturated carbocycles. The van der Waals surface area contributed by atoms with E-state index < -0.39 is 0 Å². The lowest BCUT2D eigenvalue weighted by atomic mass is 9.94. The van der Waals surface area contributed by atoms with Crippen LogP contribution in [0, 0.1) is 11.8 Å². The summed E-state index contributed by atoms with van der Waals surface area (Å²) in [4.78, 5) is 0. The monoisotopic (exact) mass is 110 g/mol. The summed E-state index contributed by atoms with van der Waals surface area (Å²) in [6, 6.07) is 0. The molecule has 0 unspecified atom stereocenters. The van der Waals surface area contributed by atoms with Crippen LogP contribution in [-0.2, 0) is 0 Å². The Morgan fingerprint density at radius 2 is 1.75 bits per heavy atom. The lowest BCUT2D eigenvalue weighted by molar-refractivity contribution is 0.409. The maximum atomic E-state index is 2.30. The first kappa shape index (κ1) is 5.87. The predicted molar refractivity (Wildman–Crippen MR) is 36.7 cm³/mol. The van der Waals surface area contributed by atoms with Gasteiger partial charge in [0.25, 0.3) is 0 Å². The molecule has 1 aliphatic carbocycles. The summed E-state index contributed by atoms with van der Waals surface area (Å²) in [7, 11) is 0. The van der Waals surface area contributed by atoms with Gasteiger partial charge in [0, 0.05) is 0 Å². The first-order valence-corrected chi connectivity index (χ1v) is 3.45. The second kappa shape index (κ2) is 2.34. The Balaban J connectivity index is 2.29. The van der Waals surface area contributed by atoms with Crippen LogP contribution in [-0.4, -0.2) is 0 Å². The minimum Gasteiger partial charge on any atom is -0.0882 e. The van der Waals surface area contributed by atoms with Gasteiger partial charge in [-0.1, -0.05) is 26.0 Å². The van der Waals surface area contributed by atoms with Gasteiger partial charge in [-0.05, 0) is 24.7 Å². The molecule has 0 saturated heterocycles. The van der Waals surface area contributed by atoms with E-state index in [1.807, 2.05) is 0 Å². The average molecular weight is 110 g/mol. The molecule has 0 bridgehead atoms. The van der Waals surface area contributed by atoms with E-state index in [0.717, 1.165) is 11.8 Å². The van der Waals surface area contributed by atoms with Gasteiger partial charge < -0.3 is 0 Å². The Kier molecular flexibility index (Phi) is 1.72. The maximum absolute atomic E-state index is 2.30. The van der Waals surface area contributed by atoms with Crippen molar-refractivity contribution in [2.24, 2.45) is 11.8 Å². The molecule has 0 aromatic heterocycles. The molecule has 0 heteroatoms. The summed E-state index contributed by atoms with van der Waals surface area (Å²) < 4.78 is 0. The normalized spacial score (nSPS) is 20.9. The van der Waals surface area contributed by atoms with Crippen LogP contribution in [0.2, 0.25) is 0 Å². The van der Waals surface area contributed by atoms with Gasteiger partial charge in [-0.2, -0.15) is 0 Å². The summed E-state index contributed by atoms with van der Waals surface area (Å²) in [5, 5.41) is 0. The number of hydrogen-bond acceptors (Lipinski definition) is 0. The first-order valence-electron chi connectivity index (χ1n) is 3.45. The zero-order valence-corrected chi connectivity index (χ0v) is 5.72. The lowest BCUT2D eigenvalue weighted by Gasteiger charge is -2.11. The summed E-state index contributed by atoms with van der Waals surface area (Å²) in [6.07, 6.45) is 7.23. The van der Waals surface area contributed by atoms with Gasteiger partial charge in [0.15, 0.2) is 0 Å². The molecule has 0 amide bonds. The van der Waals surface area contributed by atoms with Gasteiger partial charge >= 0.3 is 0 Å². The summed E-state index contributed by atoms with van der Waals surface area (Å²) in [6.45, 7) is 4.61. The fourth-order valence-corrected chi connectivity index (χ4v) is 1.18. The van der Waals surface area contributed by atoms with Crippen LogP contribution in [0.5, 0.6) is 0 Å². The third-order valence-electron chi connectivity index (χ3n) is 1.99. The van der Waals surface area contributed by atoms with Crippen LogP contribution in [0.15, 0.2) is 12.2 Å². The highest BCUT2D eigenvalue weighted by molar-refractivity contribution is 4.94. The third kappa shape index (κ3) is 1.12. The van der Waals surface area contributed by atoms with Crippen molar-refractivity contribution in [3.63, 3.8) is 0 Å². The smallest absolute Gasteiger partial charge is 0.0317 e. The van der Waals surface area contributed by atoms with E-state index in [4.69, 9.17) is 0 Å². The standard InChI is InChI=1S/C8H14/c1-7(2)8-5-3-4-6-8/h3-4,7-8H,5-6H2,1-2H3. The molecule has 0 N–H and O–H groups in total. The fourth-order valence-electron chi connectivity index (χ4n) is 1.18. The Bertz CT molecular complexity index is 82.2. The topological polar surface area (TPSA) is 0 Å². The van der Waals surface area contributed by atoms with Crippen LogP contribution >= 0.6 is 0 Å². The number of allylic oxidation sites excluding steroid dienone is 2. The van der Waals surface area contributed by atoms with Crippen molar-refractivity contribution in [2.45, 2.75) is 26.7 Å². The molecular formula is C8H14. The molecule has 0 fully saturated rings.